The molecule has 0 bridgehead atoms. The molecule has 0 saturated heterocycles. The van der Waals surface area contributed by atoms with Gasteiger partial charge < -0.3 is 0 Å². The first-order valence-corrected chi connectivity index (χ1v) is 5.64. The van der Waals surface area contributed by atoms with E-state index < -0.39 is 4.92 Å². The molecule has 1 aromatic heterocycles. The molecule has 0 unspecified atom stereocenters. The van der Waals surface area contributed by atoms with E-state index in [1.54, 1.807) is 18.2 Å². The highest BCUT2D eigenvalue weighted by Gasteiger charge is 2.22. The summed E-state index contributed by atoms with van der Waals surface area (Å²) in [6, 6.07) is 5.10. The third kappa shape index (κ3) is 1.86. The molecule has 7 heteroatoms. The van der Waals surface area contributed by atoms with Crippen LogP contribution in [0.2, 0.25) is 10.2 Å². The number of pyridine rings is 1. The van der Waals surface area contributed by atoms with Crippen LogP contribution in [-0.2, 0) is 0 Å². The van der Waals surface area contributed by atoms with Gasteiger partial charge >= 0.3 is 5.69 Å². The van der Waals surface area contributed by atoms with Crippen molar-refractivity contribution in [3.63, 3.8) is 0 Å². The van der Waals surface area contributed by atoms with E-state index in [1.165, 1.54) is 0 Å². The van der Waals surface area contributed by atoms with Crippen molar-refractivity contribution in [2.24, 2.45) is 0 Å². The second-order valence-electron chi connectivity index (χ2n) is 2.98. The summed E-state index contributed by atoms with van der Waals surface area (Å²) in [5, 5.41) is 11.0. The van der Waals surface area contributed by atoms with Crippen molar-refractivity contribution in [1.29, 1.82) is 0 Å². The van der Waals surface area contributed by atoms with Crippen LogP contribution in [0, 0.1) is 10.1 Å². The number of halogens is 3. The minimum atomic E-state index is -0.641. The lowest BCUT2D eigenvalue weighted by Gasteiger charge is -2.03. The van der Waals surface area contributed by atoms with Gasteiger partial charge in [0, 0.05) is 9.86 Å². The molecule has 1 aromatic carbocycles. The summed E-state index contributed by atoms with van der Waals surface area (Å²) in [7, 11) is 0. The predicted octanol–water partition coefficient (Wildman–Crippen LogP) is 4.21. The fourth-order valence-electron chi connectivity index (χ4n) is 1.31. The smallest absolute Gasteiger partial charge is 0.258 e. The van der Waals surface area contributed by atoms with E-state index in [0.717, 1.165) is 4.47 Å². The molecule has 16 heavy (non-hydrogen) atoms. The van der Waals surface area contributed by atoms with E-state index >= 15 is 0 Å². The number of fused-ring (bicyclic) bond motifs is 1. The van der Waals surface area contributed by atoms with Crippen LogP contribution in [0.15, 0.2) is 22.7 Å². The zero-order chi connectivity index (χ0) is 11.9. The van der Waals surface area contributed by atoms with Gasteiger partial charge in [-0.2, -0.15) is 0 Å². The maximum atomic E-state index is 10.8. The standard InChI is InChI=1S/C9H3BrCl2N2O2/c10-4-1-2-6-5(3-4)7(11)8(14(15)16)9(12)13-6/h1-3H. The highest BCUT2D eigenvalue weighted by Crippen LogP contribution is 2.37. The Morgan fingerprint density at radius 2 is 2.06 bits per heavy atom. The molecule has 0 fully saturated rings. The summed E-state index contributed by atoms with van der Waals surface area (Å²) in [6.45, 7) is 0. The average Bonchev–Trinajstić information content (AvgIpc) is 2.19. The van der Waals surface area contributed by atoms with Gasteiger partial charge in [0.25, 0.3) is 0 Å². The molecule has 0 N–H and O–H groups in total. The molecule has 0 atom stereocenters. The van der Waals surface area contributed by atoms with Crippen molar-refractivity contribution in [1.82, 2.24) is 4.98 Å². The molecular formula is C9H3BrCl2N2O2. The average molecular weight is 322 g/mol. The van der Waals surface area contributed by atoms with Gasteiger partial charge in [0.1, 0.15) is 5.02 Å². The molecule has 1 heterocycles. The van der Waals surface area contributed by atoms with Gasteiger partial charge in [-0.3, -0.25) is 10.1 Å². The topological polar surface area (TPSA) is 56.0 Å². The van der Waals surface area contributed by atoms with E-state index in [1.807, 2.05) is 0 Å². The number of hydrogen-bond donors (Lipinski definition) is 0. The Labute approximate surface area is 108 Å². The van der Waals surface area contributed by atoms with Crippen molar-refractivity contribution >= 4 is 55.7 Å². The van der Waals surface area contributed by atoms with Crippen LogP contribution >= 0.6 is 39.1 Å². The molecule has 82 valence electrons. The fourth-order valence-corrected chi connectivity index (χ4v) is 2.29. The summed E-state index contributed by atoms with van der Waals surface area (Å²) in [5.41, 5.74) is 0.151. The third-order valence-electron chi connectivity index (χ3n) is 2.00. The monoisotopic (exact) mass is 320 g/mol. The normalized spacial score (nSPS) is 10.7. The van der Waals surface area contributed by atoms with Crippen LogP contribution in [0.1, 0.15) is 0 Å². The van der Waals surface area contributed by atoms with Crippen molar-refractivity contribution in [3.05, 3.63) is 43.0 Å². The molecule has 2 rings (SSSR count). The molecule has 0 spiro atoms. The molecular weight excluding hydrogens is 319 g/mol. The van der Waals surface area contributed by atoms with Crippen LogP contribution in [0.5, 0.6) is 0 Å². The van der Waals surface area contributed by atoms with Gasteiger partial charge in [-0.1, -0.05) is 39.1 Å². The zero-order valence-electron chi connectivity index (χ0n) is 7.58. The Kier molecular flexibility index (Phi) is 3.01. The number of rotatable bonds is 1. The van der Waals surface area contributed by atoms with Gasteiger partial charge in [-0.05, 0) is 18.2 Å². The first-order valence-electron chi connectivity index (χ1n) is 4.09. The lowest BCUT2D eigenvalue weighted by molar-refractivity contribution is -0.384. The highest BCUT2D eigenvalue weighted by atomic mass is 79.9. The van der Waals surface area contributed by atoms with Gasteiger partial charge in [0.05, 0.1) is 10.4 Å². The van der Waals surface area contributed by atoms with Crippen molar-refractivity contribution in [2.45, 2.75) is 0 Å². The number of nitrogens with zero attached hydrogens (tertiary/aromatic N) is 2. The van der Waals surface area contributed by atoms with Gasteiger partial charge in [0.15, 0.2) is 0 Å². The highest BCUT2D eigenvalue weighted by molar-refractivity contribution is 9.10. The molecule has 2 aromatic rings. The Morgan fingerprint density at radius 1 is 1.38 bits per heavy atom. The molecule has 0 amide bonds. The molecule has 0 aliphatic carbocycles. The number of aromatic nitrogens is 1. The Bertz CT molecular complexity index is 604. The minimum Gasteiger partial charge on any atom is -0.258 e. The van der Waals surface area contributed by atoms with E-state index in [4.69, 9.17) is 23.2 Å². The second-order valence-corrected chi connectivity index (χ2v) is 4.64. The Hall–Kier alpha value is -0.910. The Morgan fingerprint density at radius 3 is 2.69 bits per heavy atom. The van der Waals surface area contributed by atoms with Crippen LogP contribution in [-0.4, -0.2) is 9.91 Å². The maximum absolute atomic E-state index is 10.8. The van der Waals surface area contributed by atoms with Crippen LogP contribution in [0.4, 0.5) is 5.69 Å². The first kappa shape index (κ1) is 11.6. The van der Waals surface area contributed by atoms with E-state index in [0.29, 0.717) is 10.9 Å². The van der Waals surface area contributed by atoms with E-state index in [-0.39, 0.29) is 15.9 Å². The maximum Gasteiger partial charge on any atom is 0.325 e. The fraction of sp³-hybridized carbons (Fsp3) is 0. The van der Waals surface area contributed by atoms with E-state index in [9.17, 15) is 10.1 Å². The molecule has 0 aliphatic heterocycles. The SMILES string of the molecule is O=[N+]([O-])c1c(Cl)nc2ccc(Br)cc2c1Cl. The quantitative estimate of drug-likeness (QED) is 0.449. The van der Waals surface area contributed by atoms with Crippen molar-refractivity contribution < 1.29 is 4.92 Å². The summed E-state index contributed by atoms with van der Waals surface area (Å²) in [5.74, 6) is 0. The lowest BCUT2D eigenvalue weighted by Crippen LogP contribution is -1.94. The largest absolute Gasteiger partial charge is 0.325 e. The number of hydrogen-bond acceptors (Lipinski definition) is 3. The lowest BCUT2D eigenvalue weighted by atomic mass is 10.2. The molecule has 0 saturated carbocycles. The van der Waals surface area contributed by atoms with Crippen LogP contribution in [0.25, 0.3) is 10.9 Å². The summed E-state index contributed by atoms with van der Waals surface area (Å²) in [6.07, 6.45) is 0. The van der Waals surface area contributed by atoms with Crippen LogP contribution < -0.4 is 0 Å². The predicted molar refractivity (Wildman–Crippen MR) is 66.1 cm³/mol. The van der Waals surface area contributed by atoms with Crippen LogP contribution in [0.3, 0.4) is 0 Å². The zero-order valence-corrected chi connectivity index (χ0v) is 10.7. The molecule has 0 radical (unpaired) electrons. The number of nitro groups is 1. The molecule has 0 aliphatic rings. The summed E-state index contributed by atoms with van der Waals surface area (Å²) >= 11 is 14.9. The first-order chi connectivity index (χ1) is 7.50. The van der Waals surface area contributed by atoms with Crippen molar-refractivity contribution in [3.8, 4) is 0 Å². The second kappa shape index (κ2) is 4.16. The van der Waals surface area contributed by atoms with Gasteiger partial charge in [0.2, 0.25) is 5.15 Å². The molecule has 4 nitrogen and oxygen atoms in total. The van der Waals surface area contributed by atoms with E-state index in [2.05, 4.69) is 20.9 Å². The summed E-state index contributed by atoms with van der Waals surface area (Å²) < 4.78 is 0.764. The van der Waals surface area contributed by atoms with Gasteiger partial charge in [-0.25, -0.2) is 4.98 Å². The minimum absolute atomic E-state index is 0.00120. The van der Waals surface area contributed by atoms with Gasteiger partial charge in [-0.15, -0.1) is 0 Å². The van der Waals surface area contributed by atoms with Crippen molar-refractivity contribution in [2.75, 3.05) is 0 Å². The Balaban J connectivity index is 2.90. The summed E-state index contributed by atoms with van der Waals surface area (Å²) in [4.78, 5) is 14.0. The number of benzene rings is 1. The third-order valence-corrected chi connectivity index (χ3v) is 3.14.